The van der Waals surface area contributed by atoms with Gasteiger partial charge in [0, 0.05) is 0 Å². The van der Waals surface area contributed by atoms with Crippen molar-refractivity contribution in [3.8, 4) is 5.75 Å². The van der Waals surface area contributed by atoms with Crippen LogP contribution in [0.25, 0.3) is 0 Å². The minimum atomic E-state index is -3.27. The van der Waals surface area contributed by atoms with Crippen molar-refractivity contribution in [3.63, 3.8) is 0 Å². The number of methoxy groups -OCH3 is 1. The zero-order valence-electron chi connectivity index (χ0n) is 9.85. The van der Waals surface area contributed by atoms with Gasteiger partial charge in [0.1, 0.15) is 10.6 Å². The normalized spacial score (nSPS) is 17.9. The van der Waals surface area contributed by atoms with E-state index < -0.39 is 9.84 Å². The number of rotatable bonds is 3. The molecule has 1 saturated heterocycles. The summed E-state index contributed by atoms with van der Waals surface area (Å²) in [5, 5.41) is 2.88. The molecular formula is C12H17NO3S. The molecule has 5 heteroatoms. The summed E-state index contributed by atoms with van der Waals surface area (Å²) < 4.78 is 30.0. The van der Waals surface area contributed by atoms with E-state index in [9.17, 15) is 8.42 Å². The molecule has 0 radical (unpaired) electrons. The SMILES string of the molecule is COc1ccccc1S(=O)(=O)C1CCNCC1. The van der Waals surface area contributed by atoms with Crippen molar-refractivity contribution in [3.05, 3.63) is 24.3 Å². The van der Waals surface area contributed by atoms with Crippen molar-refractivity contribution in [2.75, 3.05) is 20.2 Å². The Labute approximate surface area is 102 Å². The molecule has 1 N–H and O–H groups in total. The van der Waals surface area contributed by atoms with Gasteiger partial charge in [0.2, 0.25) is 0 Å². The van der Waals surface area contributed by atoms with Crippen LogP contribution in [0.3, 0.4) is 0 Å². The first-order chi connectivity index (χ1) is 8.16. The molecule has 4 nitrogen and oxygen atoms in total. The molecule has 1 heterocycles. The third-order valence-electron chi connectivity index (χ3n) is 3.10. The first-order valence-corrected chi connectivity index (χ1v) is 7.28. The monoisotopic (exact) mass is 255 g/mol. The molecule has 0 unspecified atom stereocenters. The Bertz CT molecular complexity index is 478. The van der Waals surface area contributed by atoms with Crippen molar-refractivity contribution in [1.29, 1.82) is 0 Å². The summed E-state index contributed by atoms with van der Waals surface area (Å²) in [6.45, 7) is 1.53. The predicted molar refractivity (Wildman–Crippen MR) is 66.1 cm³/mol. The van der Waals surface area contributed by atoms with Gasteiger partial charge in [-0.05, 0) is 38.1 Å². The lowest BCUT2D eigenvalue weighted by molar-refractivity contribution is 0.401. The molecule has 17 heavy (non-hydrogen) atoms. The summed E-state index contributed by atoms with van der Waals surface area (Å²) in [4.78, 5) is 0.314. The zero-order chi connectivity index (χ0) is 12.3. The van der Waals surface area contributed by atoms with Gasteiger partial charge >= 0.3 is 0 Å². The fraction of sp³-hybridized carbons (Fsp3) is 0.500. The molecule has 1 aromatic rings. The van der Waals surface area contributed by atoms with Crippen LogP contribution in [-0.4, -0.2) is 33.9 Å². The Balaban J connectivity index is 2.36. The molecular weight excluding hydrogens is 238 g/mol. The fourth-order valence-electron chi connectivity index (χ4n) is 2.14. The van der Waals surface area contributed by atoms with Crippen molar-refractivity contribution < 1.29 is 13.2 Å². The average molecular weight is 255 g/mol. The van der Waals surface area contributed by atoms with E-state index in [4.69, 9.17) is 4.74 Å². The molecule has 0 saturated carbocycles. The van der Waals surface area contributed by atoms with Gasteiger partial charge in [0.05, 0.1) is 12.4 Å². The maximum absolute atomic E-state index is 12.5. The van der Waals surface area contributed by atoms with Crippen LogP contribution in [0.5, 0.6) is 5.75 Å². The summed E-state index contributed by atoms with van der Waals surface area (Å²) in [7, 11) is -1.77. The number of nitrogens with one attached hydrogen (secondary N) is 1. The van der Waals surface area contributed by atoms with Gasteiger partial charge in [0.15, 0.2) is 9.84 Å². The van der Waals surface area contributed by atoms with Gasteiger partial charge in [-0.3, -0.25) is 0 Å². The van der Waals surface area contributed by atoms with Gasteiger partial charge in [-0.25, -0.2) is 8.42 Å². The quantitative estimate of drug-likeness (QED) is 0.882. The lowest BCUT2D eigenvalue weighted by Crippen LogP contribution is -2.35. The maximum Gasteiger partial charge on any atom is 0.184 e. The summed E-state index contributed by atoms with van der Waals surface area (Å²) in [6.07, 6.45) is 1.33. The highest BCUT2D eigenvalue weighted by atomic mass is 32.2. The smallest absolute Gasteiger partial charge is 0.184 e. The number of para-hydroxylation sites is 1. The predicted octanol–water partition coefficient (Wildman–Crippen LogP) is 1.22. The summed E-state index contributed by atoms with van der Waals surface area (Å²) in [5.74, 6) is 0.436. The number of piperidine rings is 1. The number of benzene rings is 1. The van der Waals surface area contributed by atoms with Crippen LogP contribution in [0.4, 0.5) is 0 Å². The lowest BCUT2D eigenvalue weighted by Gasteiger charge is -2.23. The molecule has 1 aliphatic rings. The molecule has 0 atom stereocenters. The second-order valence-corrected chi connectivity index (χ2v) is 6.34. The Kier molecular flexibility index (Phi) is 3.69. The Morgan fingerprint density at radius 3 is 2.53 bits per heavy atom. The zero-order valence-corrected chi connectivity index (χ0v) is 10.7. The Morgan fingerprint density at radius 2 is 1.88 bits per heavy atom. The van der Waals surface area contributed by atoms with E-state index in [2.05, 4.69) is 5.32 Å². The van der Waals surface area contributed by atoms with E-state index in [0.717, 1.165) is 13.1 Å². The van der Waals surface area contributed by atoms with E-state index in [1.807, 2.05) is 0 Å². The number of hydrogen-bond acceptors (Lipinski definition) is 4. The largest absolute Gasteiger partial charge is 0.495 e. The van der Waals surface area contributed by atoms with Crippen LogP contribution >= 0.6 is 0 Å². The highest BCUT2D eigenvalue weighted by Crippen LogP contribution is 2.29. The van der Waals surface area contributed by atoms with Gasteiger partial charge < -0.3 is 10.1 Å². The van der Waals surface area contributed by atoms with Crippen molar-refractivity contribution in [2.45, 2.75) is 23.0 Å². The van der Waals surface area contributed by atoms with E-state index >= 15 is 0 Å². The topological polar surface area (TPSA) is 55.4 Å². The molecule has 94 valence electrons. The second-order valence-electron chi connectivity index (χ2n) is 4.15. The van der Waals surface area contributed by atoms with Crippen molar-refractivity contribution in [1.82, 2.24) is 5.32 Å². The van der Waals surface area contributed by atoms with Crippen LogP contribution in [-0.2, 0) is 9.84 Å². The molecule has 0 amide bonds. The third kappa shape index (κ3) is 2.45. The van der Waals surface area contributed by atoms with Crippen LogP contribution < -0.4 is 10.1 Å². The van der Waals surface area contributed by atoms with E-state index in [0.29, 0.717) is 23.5 Å². The molecule has 0 aromatic heterocycles. The van der Waals surface area contributed by atoms with Gasteiger partial charge in [-0.2, -0.15) is 0 Å². The second kappa shape index (κ2) is 5.06. The Morgan fingerprint density at radius 1 is 1.24 bits per heavy atom. The van der Waals surface area contributed by atoms with Crippen LogP contribution in [0, 0.1) is 0 Å². The molecule has 2 rings (SSSR count). The highest BCUT2D eigenvalue weighted by Gasteiger charge is 2.30. The minimum absolute atomic E-state index is 0.292. The molecule has 0 spiro atoms. The first kappa shape index (κ1) is 12.4. The van der Waals surface area contributed by atoms with Crippen LogP contribution in [0.15, 0.2) is 29.2 Å². The number of sulfone groups is 1. The summed E-state index contributed by atoms with van der Waals surface area (Å²) in [6, 6.07) is 6.82. The van der Waals surface area contributed by atoms with Gasteiger partial charge in [-0.15, -0.1) is 0 Å². The number of ether oxygens (including phenoxy) is 1. The van der Waals surface area contributed by atoms with E-state index in [1.54, 1.807) is 24.3 Å². The third-order valence-corrected chi connectivity index (χ3v) is 5.40. The Hall–Kier alpha value is -1.07. The van der Waals surface area contributed by atoms with Crippen LogP contribution in [0.1, 0.15) is 12.8 Å². The minimum Gasteiger partial charge on any atom is -0.495 e. The standard InChI is InChI=1S/C12H17NO3S/c1-16-11-4-2-3-5-12(11)17(14,15)10-6-8-13-9-7-10/h2-5,10,13H,6-9H2,1H3. The van der Waals surface area contributed by atoms with Gasteiger partial charge in [-0.1, -0.05) is 12.1 Å². The molecule has 1 fully saturated rings. The lowest BCUT2D eigenvalue weighted by atomic mass is 10.2. The molecule has 1 aliphatic heterocycles. The van der Waals surface area contributed by atoms with Crippen molar-refractivity contribution >= 4 is 9.84 Å². The summed E-state index contributed by atoms with van der Waals surface area (Å²) >= 11 is 0. The van der Waals surface area contributed by atoms with E-state index in [-0.39, 0.29) is 5.25 Å². The average Bonchev–Trinajstić information content (AvgIpc) is 2.39. The van der Waals surface area contributed by atoms with E-state index in [1.165, 1.54) is 7.11 Å². The highest BCUT2D eigenvalue weighted by molar-refractivity contribution is 7.92. The maximum atomic E-state index is 12.5. The van der Waals surface area contributed by atoms with Gasteiger partial charge in [0.25, 0.3) is 0 Å². The molecule has 0 aliphatic carbocycles. The fourth-order valence-corrected chi connectivity index (χ4v) is 4.05. The number of hydrogen-bond donors (Lipinski definition) is 1. The molecule has 1 aromatic carbocycles. The van der Waals surface area contributed by atoms with Crippen LogP contribution in [0.2, 0.25) is 0 Å². The van der Waals surface area contributed by atoms with Crippen molar-refractivity contribution in [2.24, 2.45) is 0 Å². The molecule has 0 bridgehead atoms. The first-order valence-electron chi connectivity index (χ1n) is 5.74. The summed E-state index contributed by atoms with van der Waals surface area (Å²) in [5.41, 5.74) is 0.